The monoisotopic (exact) mass is 205 g/mol. The molecular weight excluding hydrogens is 199 g/mol. The number of nitro benzene ring substituents is 1. The summed E-state index contributed by atoms with van der Waals surface area (Å²) in [4.78, 5) is 9.53. The van der Waals surface area contributed by atoms with Crippen LogP contribution in [0.1, 0.15) is 5.56 Å². The minimum Gasteiger partial charge on any atom is -0.258 e. The van der Waals surface area contributed by atoms with E-state index < -0.39 is 23.2 Å². The van der Waals surface area contributed by atoms with Gasteiger partial charge in [0.2, 0.25) is 0 Å². The third kappa shape index (κ3) is 2.72. The number of para-hydroxylation sites is 1. The fourth-order valence-electron chi connectivity index (χ4n) is 1.05. The number of hydrogen-bond donors (Lipinski definition) is 0. The van der Waals surface area contributed by atoms with E-state index >= 15 is 0 Å². The fraction of sp³-hybridized carbons (Fsp3) is 0.250. The van der Waals surface area contributed by atoms with Gasteiger partial charge in [-0.25, -0.2) is 0 Å². The molecule has 0 bridgehead atoms. The minimum absolute atomic E-state index is 0.315. The Bertz CT molecular complexity index is 349. The molecular formula is C8H6F3NO2. The molecule has 0 aromatic heterocycles. The molecule has 0 aliphatic rings. The summed E-state index contributed by atoms with van der Waals surface area (Å²) < 4.78 is 35.9. The summed E-state index contributed by atoms with van der Waals surface area (Å²) in [6.07, 6.45) is -5.70. The highest BCUT2D eigenvalue weighted by molar-refractivity contribution is 5.40. The van der Waals surface area contributed by atoms with Crippen molar-refractivity contribution in [1.29, 1.82) is 0 Å². The number of halogens is 3. The molecule has 3 nitrogen and oxygen atoms in total. The lowest BCUT2D eigenvalue weighted by molar-refractivity contribution is -0.386. The van der Waals surface area contributed by atoms with Crippen molar-refractivity contribution < 1.29 is 18.1 Å². The van der Waals surface area contributed by atoms with Crippen LogP contribution in [0, 0.1) is 10.1 Å². The highest BCUT2D eigenvalue weighted by Gasteiger charge is 2.31. The second-order valence-corrected chi connectivity index (χ2v) is 2.68. The van der Waals surface area contributed by atoms with Gasteiger partial charge in [-0.1, -0.05) is 18.2 Å². The number of nitro groups is 1. The van der Waals surface area contributed by atoms with Gasteiger partial charge in [0.05, 0.1) is 11.3 Å². The molecule has 0 N–H and O–H groups in total. The van der Waals surface area contributed by atoms with Gasteiger partial charge in [-0.2, -0.15) is 13.2 Å². The topological polar surface area (TPSA) is 43.1 Å². The molecule has 0 spiro atoms. The van der Waals surface area contributed by atoms with E-state index in [-0.39, 0.29) is 5.56 Å². The van der Waals surface area contributed by atoms with Crippen molar-refractivity contribution in [3.8, 4) is 0 Å². The Morgan fingerprint density at radius 1 is 1.29 bits per heavy atom. The normalized spacial score (nSPS) is 11.4. The predicted molar refractivity (Wildman–Crippen MR) is 42.9 cm³/mol. The molecule has 1 aromatic carbocycles. The van der Waals surface area contributed by atoms with Crippen LogP contribution in [-0.4, -0.2) is 11.1 Å². The maximum atomic E-state index is 12.0. The lowest BCUT2D eigenvalue weighted by Crippen LogP contribution is -2.12. The summed E-state index contributed by atoms with van der Waals surface area (Å²) in [6.45, 7) is 0. The van der Waals surface area contributed by atoms with Crippen molar-refractivity contribution in [3.63, 3.8) is 0 Å². The van der Waals surface area contributed by atoms with Crippen molar-refractivity contribution in [3.05, 3.63) is 39.9 Å². The van der Waals surface area contributed by atoms with Crippen LogP contribution in [0.2, 0.25) is 0 Å². The number of benzene rings is 1. The van der Waals surface area contributed by atoms with Crippen LogP contribution in [0.15, 0.2) is 24.3 Å². The maximum absolute atomic E-state index is 12.0. The van der Waals surface area contributed by atoms with Gasteiger partial charge in [-0.3, -0.25) is 10.1 Å². The first kappa shape index (κ1) is 10.5. The highest BCUT2D eigenvalue weighted by Crippen LogP contribution is 2.26. The smallest absolute Gasteiger partial charge is 0.258 e. The lowest BCUT2D eigenvalue weighted by atomic mass is 10.1. The number of alkyl halides is 3. The average Bonchev–Trinajstić information content (AvgIpc) is 2.01. The van der Waals surface area contributed by atoms with Gasteiger partial charge in [-0.15, -0.1) is 0 Å². The molecule has 0 unspecified atom stereocenters. The quantitative estimate of drug-likeness (QED) is 0.550. The molecule has 0 amide bonds. The summed E-state index contributed by atoms with van der Waals surface area (Å²) in [7, 11) is 0. The summed E-state index contributed by atoms with van der Waals surface area (Å²) >= 11 is 0. The van der Waals surface area contributed by atoms with Crippen molar-refractivity contribution in [1.82, 2.24) is 0 Å². The summed E-state index contributed by atoms with van der Waals surface area (Å²) in [5, 5.41) is 10.3. The Kier molecular flexibility index (Phi) is 2.73. The van der Waals surface area contributed by atoms with Crippen LogP contribution in [0.3, 0.4) is 0 Å². The summed E-state index contributed by atoms with van der Waals surface area (Å²) in [5.74, 6) is 0. The van der Waals surface area contributed by atoms with Crippen LogP contribution in [-0.2, 0) is 6.42 Å². The zero-order valence-corrected chi connectivity index (χ0v) is 6.91. The van der Waals surface area contributed by atoms with Crippen molar-refractivity contribution >= 4 is 5.69 Å². The van der Waals surface area contributed by atoms with E-state index in [2.05, 4.69) is 0 Å². The maximum Gasteiger partial charge on any atom is 0.393 e. The van der Waals surface area contributed by atoms with E-state index in [1.54, 1.807) is 0 Å². The second-order valence-electron chi connectivity index (χ2n) is 2.68. The van der Waals surface area contributed by atoms with Crippen molar-refractivity contribution in [2.45, 2.75) is 12.6 Å². The van der Waals surface area contributed by atoms with Gasteiger partial charge in [0.1, 0.15) is 0 Å². The number of hydrogen-bond acceptors (Lipinski definition) is 2. The van der Waals surface area contributed by atoms with E-state index in [9.17, 15) is 23.3 Å². The number of nitrogens with zero attached hydrogens (tertiary/aromatic N) is 1. The van der Waals surface area contributed by atoms with Crippen LogP contribution >= 0.6 is 0 Å². The SMILES string of the molecule is O=[N+]([O-])c1ccccc1CC(F)(F)F. The molecule has 0 aliphatic carbocycles. The Labute approximate surface area is 77.3 Å². The lowest BCUT2D eigenvalue weighted by Gasteiger charge is -2.05. The van der Waals surface area contributed by atoms with E-state index in [1.165, 1.54) is 12.1 Å². The second kappa shape index (κ2) is 3.65. The van der Waals surface area contributed by atoms with E-state index in [1.807, 2.05) is 0 Å². The van der Waals surface area contributed by atoms with E-state index in [0.717, 1.165) is 12.1 Å². The van der Waals surface area contributed by atoms with Crippen LogP contribution < -0.4 is 0 Å². The molecule has 0 aliphatic heterocycles. The Hall–Kier alpha value is -1.59. The minimum atomic E-state index is -4.42. The van der Waals surface area contributed by atoms with E-state index in [0.29, 0.717) is 0 Å². The first-order chi connectivity index (χ1) is 6.40. The van der Waals surface area contributed by atoms with Crippen LogP contribution in [0.4, 0.5) is 18.9 Å². The number of rotatable bonds is 2. The summed E-state index contributed by atoms with van der Waals surface area (Å²) in [5.41, 5.74) is -0.810. The Balaban J connectivity index is 3.02. The van der Waals surface area contributed by atoms with Gasteiger partial charge in [0, 0.05) is 11.6 Å². The predicted octanol–water partition coefficient (Wildman–Crippen LogP) is 2.70. The van der Waals surface area contributed by atoms with E-state index in [4.69, 9.17) is 0 Å². The molecule has 6 heteroatoms. The standard InChI is InChI=1S/C8H6F3NO2/c9-8(10,11)5-6-3-1-2-4-7(6)12(13)14/h1-4H,5H2. The van der Waals surface area contributed by atoms with Crippen molar-refractivity contribution in [2.24, 2.45) is 0 Å². The zero-order valence-electron chi connectivity index (χ0n) is 6.91. The van der Waals surface area contributed by atoms with Crippen LogP contribution in [0.5, 0.6) is 0 Å². The van der Waals surface area contributed by atoms with Crippen LogP contribution in [0.25, 0.3) is 0 Å². The zero-order chi connectivity index (χ0) is 10.8. The van der Waals surface area contributed by atoms with Crippen molar-refractivity contribution in [2.75, 3.05) is 0 Å². The first-order valence-electron chi connectivity index (χ1n) is 3.69. The average molecular weight is 205 g/mol. The third-order valence-corrected chi connectivity index (χ3v) is 1.58. The molecule has 0 saturated carbocycles. The Morgan fingerprint density at radius 3 is 2.36 bits per heavy atom. The summed E-state index contributed by atoms with van der Waals surface area (Å²) in [6, 6.07) is 4.83. The molecule has 0 heterocycles. The third-order valence-electron chi connectivity index (χ3n) is 1.58. The molecule has 0 saturated heterocycles. The molecule has 0 fully saturated rings. The molecule has 0 radical (unpaired) electrons. The molecule has 76 valence electrons. The molecule has 0 atom stereocenters. The fourth-order valence-corrected chi connectivity index (χ4v) is 1.05. The molecule has 14 heavy (non-hydrogen) atoms. The van der Waals surface area contributed by atoms with Gasteiger partial charge >= 0.3 is 6.18 Å². The van der Waals surface area contributed by atoms with Gasteiger partial charge < -0.3 is 0 Å². The highest BCUT2D eigenvalue weighted by atomic mass is 19.4. The first-order valence-corrected chi connectivity index (χ1v) is 3.69. The molecule has 1 rings (SSSR count). The largest absolute Gasteiger partial charge is 0.393 e. The van der Waals surface area contributed by atoms with Gasteiger partial charge in [0.25, 0.3) is 5.69 Å². The van der Waals surface area contributed by atoms with Gasteiger partial charge in [-0.05, 0) is 0 Å². The Morgan fingerprint density at radius 2 is 1.86 bits per heavy atom. The van der Waals surface area contributed by atoms with Gasteiger partial charge in [0.15, 0.2) is 0 Å². The molecule has 1 aromatic rings.